The van der Waals surface area contributed by atoms with Crippen molar-refractivity contribution in [2.24, 2.45) is 5.92 Å². The fourth-order valence-electron chi connectivity index (χ4n) is 1.89. The summed E-state index contributed by atoms with van der Waals surface area (Å²) in [4.78, 5) is 13.6. The van der Waals surface area contributed by atoms with Crippen molar-refractivity contribution in [3.05, 3.63) is 24.3 Å². The number of methoxy groups -OCH3 is 1. The predicted molar refractivity (Wildman–Crippen MR) is 69.2 cm³/mol. The van der Waals surface area contributed by atoms with Crippen LogP contribution in [0.4, 0.5) is 5.69 Å². The molecule has 0 N–H and O–H groups in total. The molecule has 2 unspecified atom stereocenters. The molecule has 17 heavy (non-hydrogen) atoms. The summed E-state index contributed by atoms with van der Waals surface area (Å²) in [6.45, 7) is 0.572. The maximum absolute atomic E-state index is 11.9. The quantitative estimate of drug-likeness (QED) is 0.792. The molecular formula is C12H13Cl2NO2. The summed E-state index contributed by atoms with van der Waals surface area (Å²) in [5, 5.41) is -0.519. The molecule has 5 heteroatoms. The number of amides is 1. The lowest BCUT2D eigenvalue weighted by Crippen LogP contribution is -2.27. The number of anilines is 1. The third kappa shape index (κ3) is 2.35. The highest BCUT2D eigenvalue weighted by atomic mass is 35.5. The Labute approximate surface area is 110 Å². The SMILES string of the molecule is COc1ccc(N2CC(CCl)C(Cl)C2=O)cc1. The summed E-state index contributed by atoms with van der Waals surface area (Å²) in [5.74, 6) is 1.08. The van der Waals surface area contributed by atoms with E-state index >= 15 is 0 Å². The molecule has 92 valence electrons. The van der Waals surface area contributed by atoms with E-state index in [4.69, 9.17) is 27.9 Å². The van der Waals surface area contributed by atoms with Crippen molar-refractivity contribution in [3.8, 4) is 5.75 Å². The molecule has 1 aromatic carbocycles. The van der Waals surface area contributed by atoms with Crippen LogP contribution in [-0.4, -0.2) is 30.8 Å². The molecule has 1 aromatic rings. The van der Waals surface area contributed by atoms with E-state index in [-0.39, 0.29) is 11.8 Å². The Balaban J connectivity index is 2.20. The zero-order valence-electron chi connectivity index (χ0n) is 9.40. The predicted octanol–water partition coefficient (Wildman–Crippen LogP) is 2.50. The molecule has 1 fully saturated rings. The van der Waals surface area contributed by atoms with Crippen LogP contribution < -0.4 is 9.64 Å². The standard InChI is InChI=1S/C12H13Cl2NO2/c1-17-10-4-2-9(3-5-10)15-7-8(6-13)11(14)12(15)16/h2-5,8,11H,6-7H2,1H3. The van der Waals surface area contributed by atoms with Gasteiger partial charge in [0.1, 0.15) is 11.1 Å². The molecule has 0 spiro atoms. The highest BCUT2D eigenvalue weighted by molar-refractivity contribution is 6.34. The van der Waals surface area contributed by atoms with Crippen LogP contribution in [0.25, 0.3) is 0 Å². The number of hydrogen-bond acceptors (Lipinski definition) is 2. The van der Waals surface area contributed by atoms with E-state index in [9.17, 15) is 4.79 Å². The normalized spacial score (nSPS) is 24.2. The van der Waals surface area contributed by atoms with Gasteiger partial charge in [-0.1, -0.05) is 0 Å². The number of alkyl halides is 2. The van der Waals surface area contributed by atoms with E-state index in [1.54, 1.807) is 12.0 Å². The highest BCUT2D eigenvalue weighted by Crippen LogP contribution is 2.30. The van der Waals surface area contributed by atoms with E-state index in [2.05, 4.69) is 0 Å². The minimum absolute atomic E-state index is 0.00735. The number of rotatable bonds is 3. The average Bonchev–Trinajstić information content (AvgIpc) is 2.66. The maximum atomic E-state index is 11.9. The lowest BCUT2D eigenvalue weighted by atomic mass is 10.1. The van der Waals surface area contributed by atoms with Crippen molar-refractivity contribution < 1.29 is 9.53 Å². The van der Waals surface area contributed by atoms with Gasteiger partial charge in [0.25, 0.3) is 0 Å². The van der Waals surface area contributed by atoms with Crippen LogP contribution in [0.2, 0.25) is 0 Å². The second-order valence-corrected chi connectivity index (χ2v) is 4.74. The van der Waals surface area contributed by atoms with Gasteiger partial charge in [0.05, 0.1) is 7.11 Å². The van der Waals surface area contributed by atoms with Gasteiger partial charge in [-0.05, 0) is 24.3 Å². The van der Waals surface area contributed by atoms with E-state index in [0.717, 1.165) is 11.4 Å². The summed E-state index contributed by atoms with van der Waals surface area (Å²) in [5.41, 5.74) is 0.828. The third-order valence-corrected chi connectivity index (χ3v) is 3.85. The van der Waals surface area contributed by atoms with Gasteiger partial charge in [-0.15, -0.1) is 23.2 Å². The number of ether oxygens (including phenoxy) is 1. The monoisotopic (exact) mass is 273 g/mol. The summed E-state index contributed by atoms with van der Waals surface area (Å²) in [6, 6.07) is 7.33. The number of carbonyl (C=O) groups is 1. The van der Waals surface area contributed by atoms with Gasteiger partial charge < -0.3 is 9.64 Å². The second kappa shape index (κ2) is 5.15. The Morgan fingerprint density at radius 1 is 1.41 bits per heavy atom. The fourth-order valence-corrected chi connectivity index (χ4v) is 2.54. The first-order valence-corrected chi connectivity index (χ1v) is 6.30. The van der Waals surface area contributed by atoms with Gasteiger partial charge in [0.2, 0.25) is 5.91 Å². The lowest BCUT2D eigenvalue weighted by Gasteiger charge is -2.16. The van der Waals surface area contributed by atoms with E-state index < -0.39 is 5.38 Å². The Hall–Kier alpha value is -0.930. The number of halogens is 2. The Kier molecular flexibility index (Phi) is 3.79. The molecule has 0 aromatic heterocycles. The maximum Gasteiger partial charge on any atom is 0.245 e. The highest BCUT2D eigenvalue weighted by Gasteiger charge is 2.39. The summed E-state index contributed by atoms with van der Waals surface area (Å²) in [7, 11) is 1.61. The first-order valence-electron chi connectivity index (χ1n) is 5.33. The van der Waals surface area contributed by atoms with E-state index in [1.165, 1.54) is 0 Å². The van der Waals surface area contributed by atoms with Crippen molar-refractivity contribution in [3.63, 3.8) is 0 Å². The molecule has 1 saturated heterocycles. The molecule has 3 nitrogen and oxygen atoms in total. The minimum Gasteiger partial charge on any atom is -0.497 e. The average molecular weight is 274 g/mol. The molecule has 1 amide bonds. The largest absolute Gasteiger partial charge is 0.497 e. The Bertz CT molecular complexity index is 407. The fraction of sp³-hybridized carbons (Fsp3) is 0.417. The van der Waals surface area contributed by atoms with Gasteiger partial charge in [0, 0.05) is 24.0 Å². The first-order chi connectivity index (χ1) is 8.17. The molecule has 2 rings (SSSR count). The molecule has 1 aliphatic rings. The van der Waals surface area contributed by atoms with Crippen molar-refractivity contribution in [1.29, 1.82) is 0 Å². The number of benzene rings is 1. The van der Waals surface area contributed by atoms with Crippen LogP contribution in [0.5, 0.6) is 5.75 Å². The van der Waals surface area contributed by atoms with Crippen LogP contribution in [0.15, 0.2) is 24.3 Å². The van der Waals surface area contributed by atoms with Gasteiger partial charge >= 0.3 is 0 Å². The van der Waals surface area contributed by atoms with Crippen molar-refractivity contribution in [1.82, 2.24) is 0 Å². The zero-order valence-corrected chi connectivity index (χ0v) is 10.9. The number of carbonyl (C=O) groups excluding carboxylic acids is 1. The zero-order chi connectivity index (χ0) is 12.4. The van der Waals surface area contributed by atoms with E-state index in [0.29, 0.717) is 12.4 Å². The van der Waals surface area contributed by atoms with Gasteiger partial charge in [-0.25, -0.2) is 0 Å². The summed E-state index contributed by atoms with van der Waals surface area (Å²) in [6.07, 6.45) is 0. The van der Waals surface area contributed by atoms with Crippen LogP contribution in [-0.2, 0) is 4.79 Å². The topological polar surface area (TPSA) is 29.5 Å². The Morgan fingerprint density at radius 2 is 2.06 bits per heavy atom. The molecule has 0 bridgehead atoms. The van der Waals surface area contributed by atoms with Gasteiger partial charge in [-0.2, -0.15) is 0 Å². The van der Waals surface area contributed by atoms with Crippen LogP contribution in [0.3, 0.4) is 0 Å². The molecule has 0 aliphatic carbocycles. The van der Waals surface area contributed by atoms with Crippen LogP contribution in [0.1, 0.15) is 0 Å². The molecular weight excluding hydrogens is 261 g/mol. The van der Waals surface area contributed by atoms with E-state index in [1.807, 2.05) is 24.3 Å². The van der Waals surface area contributed by atoms with Gasteiger partial charge in [0.15, 0.2) is 0 Å². The first kappa shape index (κ1) is 12.5. The van der Waals surface area contributed by atoms with Crippen molar-refractivity contribution in [2.75, 3.05) is 24.4 Å². The molecule has 1 heterocycles. The van der Waals surface area contributed by atoms with Crippen LogP contribution >= 0.6 is 23.2 Å². The lowest BCUT2D eigenvalue weighted by molar-refractivity contribution is -0.117. The number of nitrogens with zero attached hydrogens (tertiary/aromatic N) is 1. The minimum atomic E-state index is -0.519. The smallest absolute Gasteiger partial charge is 0.245 e. The van der Waals surface area contributed by atoms with Crippen molar-refractivity contribution >= 4 is 34.8 Å². The second-order valence-electron chi connectivity index (χ2n) is 3.96. The van der Waals surface area contributed by atoms with Crippen LogP contribution in [0, 0.1) is 5.92 Å². The molecule has 2 atom stereocenters. The third-order valence-electron chi connectivity index (χ3n) is 2.92. The molecule has 1 aliphatic heterocycles. The number of hydrogen-bond donors (Lipinski definition) is 0. The summed E-state index contributed by atoms with van der Waals surface area (Å²) < 4.78 is 5.07. The molecule has 0 radical (unpaired) electrons. The Morgan fingerprint density at radius 3 is 2.53 bits per heavy atom. The molecule has 0 saturated carbocycles. The summed E-state index contributed by atoms with van der Waals surface area (Å²) >= 11 is 11.8. The van der Waals surface area contributed by atoms with Gasteiger partial charge in [-0.3, -0.25) is 4.79 Å². The van der Waals surface area contributed by atoms with Crippen molar-refractivity contribution in [2.45, 2.75) is 5.38 Å².